The normalized spacial score (nSPS) is 12.5. The first-order valence-corrected chi connectivity index (χ1v) is 5.32. The van der Waals surface area contributed by atoms with Gasteiger partial charge >= 0.3 is 5.97 Å². The molecule has 0 aliphatic carbocycles. The molecule has 1 unspecified atom stereocenters. The smallest absolute Gasteiger partial charge is 0.323 e. The van der Waals surface area contributed by atoms with Gasteiger partial charge in [-0.1, -0.05) is 20.8 Å². The lowest BCUT2D eigenvalue weighted by Gasteiger charge is -2.23. The number of esters is 1. The monoisotopic (exact) mass is 237 g/mol. The number of carbonyl (C=O) groups is 1. The molecule has 0 aliphatic heterocycles. The molecule has 0 bridgehead atoms. The van der Waals surface area contributed by atoms with Crippen molar-refractivity contribution in [3.8, 4) is 0 Å². The molecular weight excluding hydrogens is 214 g/mol. The number of hydrogen-bond donors (Lipinski definition) is 0. The van der Waals surface area contributed by atoms with E-state index in [2.05, 4.69) is 13.8 Å². The molecule has 1 atom stereocenters. The third-order valence-electron chi connectivity index (χ3n) is 2.04. The zero-order valence-corrected chi connectivity index (χ0v) is 11.3. The van der Waals surface area contributed by atoms with Crippen LogP contribution in [0.5, 0.6) is 0 Å². The highest BCUT2D eigenvalue weighted by atomic mass is 35.5. The van der Waals surface area contributed by atoms with Crippen LogP contribution in [-0.2, 0) is 9.53 Å². The fraction of sp³-hybridized carbons (Fsp3) is 0.909. The van der Waals surface area contributed by atoms with E-state index in [1.54, 1.807) is 0 Å². The summed E-state index contributed by atoms with van der Waals surface area (Å²) in [7, 11) is 3.83. The van der Waals surface area contributed by atoms with E-state index < -0.39 is 0 Å². The van der Waals surface area contributed by atoms with Crippen molar-refractivity contribution in [1.29, 1.82) is 0 Å². The molecule has 0 spiro atoms. The maximum atomic E-state index is 11.6. The molecule has 0 rings (SSSR count). The average Bonchev–Trinajstić information content (AvgIpc) is 2.09. The van der Waals surface area contributed by atoms with E-state index in [-0.39, 0.29) is 24.4 Å². The summed E-state index contributed by atoms with van der Waals surface area (Å²) in [5.41, 5.74) is 0. The third-order valence-corrected chi connectivity index (χ3v) is 2.04. The minimum atomic E-state index is -0.0958. The Morgan fingerprint density at radius 1 is 1.33 bits per heavy atom. The van der Waals surface area contributed by atoms with Gasteiger partial charge in [0.25, 0.3) is 0 Å². The molecule has 15 heavy (non-hydrogen) atoms. The van der Waals surface area contributed by atoms with Crippen molar-refractivity contribution < 1.29 is 9.53 Å². The fourth-order valence-corrected chi connectivity index (χ4v) is 1.26. The minimum Gasteiger partial charge on any atom is -0.465 e. The molecule has 0 N–H and O–H groups in total. The highest BCUT2D eigenvalue weighted by Crippen LogP contribution is 2.10. The summed E-state index contributed by atoms with van der Waals surface area (Å²) >= 11 is 0. The largest absolute Gasteiger partial charge is 0.465 e. The van der Waals surface area contributed by atoms with Crippen molar-refractivity contribution in [2.45, 2.75) is 39.7 Å². The molecule has 0 amide bonds. The lowest BCUT2D eigenvalue weighted by atomic mass is 10.0. The Hall–Kier alpha value is -0.280. The van der Waals surface area contributed by atoms with Gasteiger partial charge in [0.05, 0.1) is 6.61 Å². The molecule has 92 valence electrons. The Kier molecular flexibility index (Phi) is 10.3. The van der Waals surface area contributed by atoms with Crippen molar-refractivity contribution in [1.82, 2.24) is 4.90 Å². The van der Waals surface area contributed by atoms with Gasteiger partial charge in [-0.25, -0.2) is 0 Å². The Morgan fingerprint density at radius 3 is 2.20 bits per heavy atom. The van der Waals surface area contributed by atoms with Gasteiger partial charge in [0.2, 0.25) is 0 Å². The maximum Gasteiger partial charge on any atom is 0.323 e. The van der Waals surface area contributed by atoms with Crippen LogP contribution in [0.25, 0.3) is 0 Å². The Labute approximate surface area is 99.6 Å². The van der Waals surface area contributed by atoms with E-state index in [1.807, 2.05) is 25.9 Å². The predicted molar refractivity (Wildman–Crippen MR) is 65.4 cm³/mol. The van der Waals surface area contributed by atoms with E-state index in [0.29, 0.717) is 12.5 Å². The molecule has 3 nitrogen and oxygen atoms in total. The summed E-state index contributed by atoms with van der Waals surface area (Å²) < 4.78 is 5.13. The zero-order valence-electron chi connectivity index (χ0n) is 10.4. The van der Waals surface area contributed by atoms with Crippen LogP contribution in [0.1, 0.15) is 33.6 Å². The standard InChI is InChI=1S/C11H23NO2.ClH/c1-6-7-14-11(13)10(12(4)5)8-9(2)3;/h9-10H,6-8H2,1-5H3;1H. The number of hydrogen-bond acceptors (Lipinski definition) is 3. The van der Waals surface area contributed by atoms with Crippen molar-refractivity contribution in [3.05, 3.63) is 0 Å². The van der Waals surface area contributed by atoms with Crippen LogP contribution in [0.4, 0.5) is 0 Å². The van der Waals surface area contributed by atoms with Crippen LogP contribution in [0, 0.1) is 5.92 Å². The van der Waals surface area contributed by atoms with Crippen LogP contribution in [0.15, 0.2) is 0 Å². The summed E-state index contributed by atoms with van der Waals surface area (Å²) in [4.78, 5) is 13.5. The van der Waals surface area contributed by atoms with Crippen molar-refractivity contribution in [3.63, 3.8) is 0 Å². The van der Waals surface area contributed by atoms with Crippen LogP contribution < -0.4 is 0 Å². The van der Waals surface area contributed by atoms with Gasteiger partial charge in [0.1, 0.15) is 6.04 Å². The van der Waals surface area contributed by atoms with Gasteiger partial charge in [-0.2, -0.15) is 0 Å². The summed E-state index contributed by atoms with van der Waals surface area (Å²) in [5.74, 6) is 0.419. The van der Waals surface area contributed by atoms with E-state index in [9.17, 15) is 4.79 Å². The molecule has 0 aromatic heterocycles. The highest BCUT2D eigenvalue weighted by molar-refractivity contribution is 5.85. The molecular formula is C11H24ClNO2. The number of ether oxygens (including phenoxy) is 1. The second-order valence-electron chi connectivity index (χ2n) is 4.28. The molecule has 0 radical (unpaired) electrons. The molecule has 0 aromatic rings. The molecule has 0 heterocycles. The van der Waals surface area contributed by atoms with Crippen LogP contribution in [0.2, 0.25) is 0 Å². The van der Waals surface area contributed by atoms with Crippen molar-refractivity contribution in [2.24, 2.45) is 5.92 Å². The van der Waals surface area contributed by atoms with E-state index in [1.165, 1.54) is 0 Å². The maximum absolute atomic E-state index is 11.6. The first-order chi connectivity index (χ1) is 6.49. The predicted octanol–water partition coefficient (Wildman–Crippen LogP) is 2.34. The van der Waals surface area contributed by atoms with Crippen LogP contribution >= 0.6 is 12.4 Å². The molecule has 0 saturated heterocycles. The number of likely N-dealkylation sites (N-methyl/N-ethyl adjacent to an activating group) is 1. The Morgan fingerprint density at radius 2 is 1.87 bits per heavy atom. The van der Waals surface area contributed by atoms with Gasteiger partial charge in [0.15, 0.2) is 0 Å². The SMILES string of the molecule is CCCOC(=O)C(CC(C)C)N(C)C.Cl. The Bertz CT molecular complexity index is 172. The molecule has 4 heteroatoms. The van der Waals surface area contributed by atoms with E-state index in [0.717, 1.165) is 12.8 Å². The summed E-state index contributed by atoms with van der Waals surface area (Å²) in [6.07, 6.45) is 1.74. The topological polar surface area (TPSA) is 29.5 Å². The van der Waals surface area contributed by atoms with Gasteiger partial charge in [-0.15, -0.1) is 12.4 Å². The Balaban J connectivity index is 0. The van der Waals surface area contributed by atoms with Gasteiger partial charge < -0.3 is 4.74 Å². The number of carbonyl (C=O) groups excluding carboxylic acids is 1. The quantitative estimate of drug-likeness (QED) is 0.665. The average molecular weight is 238 g/mol. The second kappa shape index (κ2) is 8.98. The minimum absolute atomic E-state index is 0. The molecule has 0 aromatic carbocycles. The van der Waals surface area contributed by atoms with E-state index in [4.69, 9.17) is 4.74 Å². The molecule has 0 aliphatic rings. The summed E-state index contributed by atoms with van der Waals surface area (Å²) in [6, 6.07) is -0.0958. The van der Waals surface area contributed by atoms with Crippen molar-refractivity contribution >= 4 is 18.4 Å². The highest BCUT2D eigenvalue weighted by Gasteiger charge is 2.22. The number of rotatable bonds is 6. The van der Waals surface area contributed by atoms with Crippen LogP contribution in [0.3, 0.4) is 0 Å². The fourth-order valence-electron chi connectivity index (χ4n) is 1.26. The van der Waals surface area contributed by atoms with Crippen LogP contribution in [-0.4, -0.2) is 37.6 Å². The second-order valence-corrected chi connectivity index (χ2v) is 4.28. The van der Waals surface area contributed by atoms with Gasteiger partial charge in [0, 0.05) is 0 Å². The van der Waals surface area contributed by atoms with Crippen molar-refractivity contribution in [2.75, 3.05) is 20.7 Å². The molecule has 0 fully saturated rings. The number of nitrogens with zero attached hydrogens (tertiary/aromatic N) is 1. The zero-order chi connectivity index (χ0) is 11.1. The first-order valence-electron chi connectivity index (χ1n) is 5.32. The number of halogens is 1. The summed E-state index contributed by atoms with van der Waals surface area (Å²) in [6.45, 7) is 6.76. The summed E-state index contributed by atoms with van der Waals surface area (Å²) in [5, 5.41) is 0. The third kappa shape index (κ3) is 7.63. The molecule has 0 saturated carbocycles. The first kappa shape index (κ1) is 17.1. The lowest BCUT2D eigenvalue weighted by Crippen LogP contribution is -2.38. The van der Waals surface area contributed by atoms with E-state index >= 15 is 0 Å². The van der Waals surface area contributed by atoms with Gasteiger partial charge in [-0.05, 0) is 32.9 Å². The lowest BCUT2D eigenvalue weighted by molar-refractivity contribution is -0.149. The van der Waals surface area contributed by atoms with Gasteiger partial charge in [-0.3, -0.25) is 9.69 Å².